The lowest BCUT2D eigenvalue weighted by molar-refractivity contribution is 0.139. The Morgan fingerprint density at radius 1 is 1.21 bits per heavy atom. The summed E-state index contributed by atoms with van der Waals surface area (Å²) in [6.07, 6.45) is 7.66. The second kappa shape index (κ2) is 10.4. The zero-order valence-electron chi connectivity index (χ0n) is 11.7. The first-order valence-electron chi connectivity index (χ1n) is 7.09. The van der Waals surface area contributed by atoms with Gasteiger partial charge in [0.1, 0.15) is 6.61 Å². The average Bonchev–Trinajstić information content (AvgIpc) is 2.45. The molecule has 0 saturated heterocycles. The van der Waals surface area contributed by atoms with Gasteiger partial charge in [0.15, 0.2) is 0 Å². The highest BCUT2D eigenvalue weighted by Gasteiger charge is 2.01. The number of amides is 1. The SMILES string of the molecule is CCCC[CH]CCCNC(=O)OCc1ccccc1. The van der Waals surface area contributed by atoms with E-state index in [1.54, 1.807) is 0 Å². The molecule has 0 aliphatic rings. The largest absolute Gasteiger partial charge is 0.445 e. The van der Waals surface area contributed by atoms with E-state index in [1.165, 1.54) is 19.3 Å². The van der Waals surface area contributed by atoms with Crippen molar-refractivity contribution in [2.45, 2.75) is 45.6 Å². The molecule has 1 aromatic carbocycles. The highest BCUT2D eigenvalue weighted by molar-refractivity contribution is 5.67. The van der Waals surface area contributed by atoms with E-state index in [4.69, 9.17) is 4.74 Å². The van der Waals surface area contributed by atoms with Crippen molar-refractivity contribution in [3.8, 4) is 0 Å². The number of ether oxygens (including phenoxy) is 1. The minimum atomic E-state index is -0.336. The first-order chi connectivity index (χ1) is 9.33. The Kier molecular flexibility index (Phi) is 8.52. The van der Waals surface area contributed by atoms with Crippen LogP contribution >= 0.6 is 0 Å². The number of hydrogen-bond donors (Lipinski definition) is 1. The molecule has 0 bridgehead atoms. The summed E-state index contributed by atoms with van der Waals surface area (Å²) in [6, 6.07) is 9.69. The lowest BCUT2D eigenvalue weighted by Gasteiger charge is -2.06. The maximum absolute atomic E-state index is 11.4. The zero-order chi connectivity index (χ0) is 13.8. The summed E-state index contributed by atoms with van der Waals surface area (Å²) in [5.74, 6) is 0. The molecule has 0 spiro atoms. The maximum Gasteiger partial charge on any atom is 0.407 e. The van der Waals surface area contributed by atoms with E-state index in [0.29, 0.717) is 13.2 Å². The fourth-order valence-corrected chi connectivity index (χ4v) is 1.70. The summed E-state index contributed by atoms with van der Waals surface area (Å²) in [5, 5.41) is 2.76. The van der Waals surface area contributed by atoms with Gasteiger partial charge in [-0.25, -0.2) is 4.79 Å². The number of unbranched alkanes of at least 4 members (excludes halogenated alkanes) is 5. The van der Waals surface area contributed by atoms with Crippen LogP contribution in [0.4, 0.5) is 4.79 Å². The fraction of sp³-hybridized carbons (Fsp3) is 0.500. The minimum Gasteiger partial charge on any atom is -0.445 e. The lowest BCUT2D eigenvalue weighted by Crippen LogP contribution is -2.25. The Bertz CT molecular complexity index is 338. The van der Waals surface area contributed by atoms with Crippen LogP contribution in [0.1, 0.15) is 44.6 Å². The van der Waals surface area contributed by atoms with Crippen molar-refractivity contribution in [1.29, 1.82) is 0 Å². The van der Waals surface area contributed by atoms with Gasteiger partial charge in [0, 0.05) is 6.54 Å². The number of hydrogen-bond acceptors (Lipinski definition) is 2. The zero-order valence-corrected chi connectivity index (χ0v) is 11.7. The van der Waals surface area contributed by atoms with Crippen molar-refractivity contribution in [2.75, 3.05) is 6.54 Å². The Morgan fingerprint density at radius 3 is 2.68 bits per heavy atom. The van der Waals surface area contributed by atoms with E-state index in [0.717, 1.165) is 18.4 Å². The van der Waals surface area contributed by atoms with Gasteiger partial charge in [0.25, 0.3) is 0 Å². The molecule has 0 saturated carbocycles. The molecule has 0 fully saturated rings. The van der Waals surface area contributed by atoms with E-state index in [1.807, 2.05) is 30.3 Å². The smallest absolute Gasteiger partial charge is 0.407 e. The van der Waals surface area contributed by atoms with E-state index in [-0.39, 0.29) is 6.09 Å². The molecule has 0 aliphatic heterocycles. The number of nitrogens with one attached hydrogen (secondary N) is 1. The van der Waals surface area contributed by atoms with E-state index >= 15 is 0 Å². The average molecular weight is 262 g/mol. The van der Waals surface area contributed by atoms with Crippen LogP contribution in [0.2, 0.25) is 0 Å². The van der Waals surface area contributed by atoms with Crippen LogP contribution in [-0.2, 0) is 11.3 Å². The number of carbonyl (C=O) groups is 1. The molecule has 0 heterocycles. The molecule has 3 heteroatoms. The van der Waals surface area contributed by atoms with E-state index in [9.17, 15) is 4.79 Å². The van der Waals surface area contributed by atoms with Gasteiger partial charge in [-0.15, -0.1) is 0 Å². The molecule has 0 atom stereocenters. The molecule has 1 aromatic rings. The van der Waals surface area contributed by atoms with Crippen LogP contribution in [0.3, 0.4) is 0 Å². The van der Waals surface area contributed by atoms with Crippen LogP contribution in [0, 0.1) is 6.42 Å². The molecule has 0 unspecified atom stereocenters. The van der Waals surface area contributed by atoms with Crippen LogP contribution < -0.4 is 5.32 Å². The van der Waals surface area contributed by atoms with Gasteiger partial charge < -0.3 is 10.1 Å². The molecule has 105 valence electrons. The summed E-state index contributed by atoms with van der Waals surface area (Å²) in [5.41, 5.74) is 1.01. The Morgan fingerprint density at radius 2 is 1.95 bits per heavy atom. The standard InChI is InChI=1S/C16H24NO2/c1-2-3-4-5-6-10-13-17-16(18)19-14-15-11-8-7-9-12-15/h5,7-9,11-12H,2-4,6,10,13-14H2,1H3,(H,17,18). The molecular weight excluding hydrogens is 238 g/mol. The number of rotatable bonds is 9. The predicted octanol–water partition coefficient (Wildman–Crippen LogP) is 4.09. The van der Waals surface area contributed by atoms with Gasteiger partial charge in [-0.05, 0) is 24.8 Å². The maximum atomic E-state index is 11.4. The van der Waals surface area contributed by atoms with E-state index in [2.05, 4.69) is 18.7 Å². The first kappa shape index (κ1) is 15.5. The van der Waals surface area contributed by atoms with Crippen LogP contribution in [0.25, 0.3) is 0 Å². The second-order valence-electron chi connectivity index (χ2n) is 4.56. The first-order valence-corrected chi connectivity index (χ1v) is 7.09. The van der Waals surface area contributed by atoms with Crippen molar-refractivity contribution in [2.24, 2.45) is 0 Å². The number of benzene rings is 1. The third-order valence-corrected chi connectivity index (χ3v) is 2.83. The topological polar surface area (TPSA) is 38.3 Å². The second-order valence-corrected chi connectivity index (χ2v) is 4.56. The Hall–Kier alpha value is -1.51. The van der Waals surface area contributed by atoms with Gasteiger partial charge >= 0.3 is 6.09 Å². The van der Waals surface area contributed by atoms with Crippen molar-refractivity contribution >= 4 is 6.09 Å². The quantitative estimate of drug-likeness (QED) is 0.681. The van der Waals surface area contributed by atoms with E-state index < -0.39 is 0 Å². The minimum absolute atomic E-state index is 0.329. The highest BCUT2D eigenvalue weighted by atomic mass is 16.5. The monoisotopic (exact) mass is 262 g/mol. The third kappa shape index (κ3) is 8.25. The predicted molar refractivity (Wildman–Crippen MR) is 77.7 cm³/mol. The molecule has 1 N–H and O–H groups in total. The molecular formula is C16H24NO2. The van der Waals surface area contributed by atoms with Crippen LogP contribution in [-0.4, -0.2) is 12.6 Å². The lowest BCUT2D eigenvalue weighted by atomic mass is 10.1. The fourth-order valence-electron chi connectivity index (χ4n) is 1.70. The molecule has 1 radical (unpaired) electrons. The summed E-state index contributed by atoms with van der Waals surface area (Å²) in [6.45, 7) is 3.20. The van der Waals surface area contributed by atoms with Gasteiger partial charge in [-0.2, -0.15) is 0 Å². The summed E-state index contributed by atoms with van der Waals surface area (Å²) < 4.78 is 5.11. The van der Waals surface area contributed by atoms with Gasteiger partial charge in [-0.3, -0.25) is 0 Å². The van der Waals surface area contributed by atoms with Crippen molar-refractivity contribution in [3.05, 3.63) is 42.3 Å². The van der Waals surface area contributed by atoms with Crippen molar-refractivity contribution < 1.29 is 9.53 Å². The van der Waals surface area contributed by atoms with Gasteiger partial charge in [0.05, 0.1) is 0 Å². The Labute approximate surface area is 116 Å². The summed E-state index contributed by atoms with van der Waals surface area (Å²) in [4.78, 5) is 11.4. The molecule has 0 aromatic heterocycles. The molecule has 1 rings (SSSR count). The van der Waals surface area contributed by atoms with Crippen molar-refractivity contribution in [1.82, 2.24) is 5.32 Å². The molecule has 3 nitrogen and oxygen atoms in total. The number of carbonyl (C=O) groups excluding carboxylic acids is 1. The molecule has 19 heavy (non-hydrogen) atoms. The highest BCUT2D eigenvalue weighted by Crippen LogP contribution is 2.03. The summed E-state index contributed by atoms with van der Waals surface area (Å²) in [7, 11) is 0. The van der Waals surface area contributed by atoms with Gasteiger partial charge in [0.2, 0.25) is 0 Å². The molecule has 1 amide bonds. The van der Waals surface area contributed by atoms with Crippen molar-refractivity contribution in [3.63, 3.8) is 0 Å². The Balaban J connectivity index is 1.96. The number of alkyl carbamates (subject to hydrolysis) is 1. The van der Waals surface area contributed by atoms with Crippen LogP contribution in [0.5, 0.6) is 0 Å². The normalized spacial score (nSPS) is 10.2. The summed E-state index contributed by atoms with van der Waals surface area (Å²) >= 11 is 0. The van der Waals surface area contributed by atoms with Gasteiger partial charge in [-0.1, -0.05) is 56.5 Å². The third-order valence-electron chi connectivity index (χ3n) is 2.83. The molecule has 0 aliphatic carbocycles. The van der Waals surface area contributed by atoms with Crippen LogP contribution in [0.15, 0.2) is 30.3 Å².